The highest BCUT2D eigenvalue weighted by Crippen LogP contribution is 2.22. The van der Waals surface area contributed by atoms with Gasteiger partial charge in [-0.1, -0.05) is 19.1 Å². The molecule has 0 amide bonds. The third kappa shape index (κ3) is 3.82. The van der Waals surface area contributed by atoms with E-state index in [-0.39, 0.29) is 6.04 Å². The molecule has 1 atom stereocenters. The smallest absolute Gasteiger partial charge is 0.119 e. The second-order valence-corrected chi connectivity index (χ2v) is 4.87. The van der Waals surface area contributed by atoms with Crippen LogP contribution in [0.25, 0.3) is 0 Å². The molecule has 1 unspecified atom stereocenters. The number of hydrazine groups is 1. The summed E-state index contributed by atoms with van der Waals surface area (Å²) in [6, 6.07) is 8.10. The molecule has 20 heavy (non-hydrogen) atoms. The minimum atomic E-state index is 0.0457. The van der Waals surface area contributed by atoms with Crippen LogP contribution in [0.15, 0.2) is 36.7 Å². The molecule has 0 saturated heterocycles. The second kappa shape index (κ2) is 7.07. The van der Waals surface area contributed by atoms with E-state index in [9.17, 15) is 0 Å². The molecule has 5 nitrogen and oxygen atoms in total. The van der Waals surface area contributed by atoms with Crippen LogP contribution in [0.5, 0.6) is 5.75 Å². The van der Waals surface area contributed by atoms with Crippen LogP contribution in [-0.2, 0) is 13.5 Å². The van der Waals surface area contributed by atoms with Crippen LogP contribution in [0.1, 0.15) is 30.5 Å². The predicted molar refractivity (Wildman–Crippen MR) is 79.2 cm³/mol. The van der Waals surface area contributed by atoms with Crippen molar-refractivity contribution in [3.63, 3.8) is 0 Å². The third-order valence-corrected chi connectivity index (χ3v) is 3.13. The molecule has 1 aromatic carbocycles. The molecule has 0 radical (unpaired) electrons. The van der Waals surface area contributed by atoms with E-state index < -0.39 is 0 Å². The van der Waals surface area contributed by atoms with Crippen molar-refractivity contribution in [1.82, 2.24) is 15.2 Å². The first-order valence-corrected chi connectivity index (χ1v) is 6.89. The Morgan fingerprint density at radius 1 is 1.45 bits per heavy atom. The zero-order valence-corrected chi connectivity index (χ0v) is 12.0. The second-order valence-electron chi connectivity index (χ2n) is 4.87. The summed E-state index contributed by atoms with van der Waals surface area (Å²) < 4.78 is 7.46. The standard InChI is InChI=1S/C15H22N4O/c1-3-7-20-14-6-4-5-13(9-14)15(18-16)8-12-10-17-19(2)11-12/h4-6,9-11,15,18H,3,7-8,16H2,1-2H3. The maximum atomic E-state index is 5.69. The van der Waals surface area contributed by atoms with Crippen molar-refractivity contribution in [3.8, 4) is 5.75 Å². The highest BCUT2D eigenvalue weighted by atomic mass is 16.5. The Bertz CT molecular complexity index is 538. The van der Waals surface area contributed by atoms with Crippen LogP contribution in [0.4, 0.5) is 0 Å². The van der Waals surface area contributed by atoms with Gasteiger partial charge in [0.15, 0.2) is 0 Å². The van der Waals surface area contributed by atoms with Crippen molar-refractivity contribution in [2.75, 3.05) is 6.61 Å². The lowest BCUT2D eigenvalue weighted by Crippen LogP contribution is -2.29. The van der Waals surface area contributed by atoms with Gasteiger partial charge in [0.1, 0.15) is 5.75 Å². The van der Waals surface area contributed by atoms with Gasteiger partial charge in [0.25, 0.3) is 0 Å². The molecule has 1 aromatic heterocycles. The lowest BCUT2D eigenvalue weighted by molar-refractivity contribution is 0.316. The van der Waals surface area contributed by atoms with Gasteiger partial charge in [-0.2, -0.15) is 5.10 Å². The van der Waals surface area contributed by atoms with Crippen LogP contribution in [0.3, 0.4) is 0 Å². The van der Waals surface area contributed by atoms with Crippen LogP contribution >= 0.6 is 0 Å². The van der Waals surface area contributed by atoms with Gasteiger partial charge in [0.05, 0.1) is 18.8 Å². The van der Waals surface area contributed by atoms with E-state index in [4.69, 9.17) is 10.6 Å². The molecule has 0 aliphatic carbocycles. The summed E-state index contributed by atoms with van der Waals surface area (Å²) in [7, 11) is 1.91. The maximum absolute atomic E-state index is 5.69. The van der Waals surface area contributed by atoms with Gasteiger partial charge in [0.2, 0.25) is 0 Å². The zero-order valence-electron chi connectivity index (χ0n) is 12.0. The van der Waals surface area contributed by atoms with Gasteiger partial charge in [0, 0.05) is 13.2 Å². The van der Waals surface area contributed by atoms with Crippen LogP contribution in [0.2, 0.25) is 0 Å². The van der Waals surface area contributed by atoms with Gasteiger partial charge in [-0.3, -0.25) is 16.0 Å². The van der Waals surface area contributed by atoms with Gasteiger partial charge < -0.3 is 4.74 Å². The normalized spacial score (nSPS) is 12.3. The van der Waals surface area contributed by atoms with Crippen molar-refractivity contribution < 1.29 is 4.74 Å². The molecule has 0 fully saturated rings. The Morgan fingerprint density at radius 3 is 2.95 bits per heavy atom. The highest BCUT2D eigenvalue weighted by Gasteiger charge is 2.12. The van der Waals surface area contributed by atoms with Gasteiger partial charge >= 0.3 is 0 Å². The van der Waals surface area contributed by atoms with Crippen molar-refractivity contribution >= 4 is 0 Å². The summed E-state index contributed by atoms with van der Waals surface area (Å²) in [6.45, 7) is 2.82. The first-order chi connectivity index (χ1) is 9.72. The maximum Gasteiger partial charge on any atom is 0.119 e. The number of nitrogens with one attached hydrogen (secondary N) is 1. The molecule has 1 heterocycles. The van der Waals surface area contributed by atoms with Crippen LogP contribution in [0, 0.1) is 0 Å². The van der Waals surface area contributed by atoms with E-state index in [1.807, 2.05) is 37.6 Å². The molecule has 0 saturated carbocycles. The number of hydrogen-bond acceptors (Lipinski definition) is 4. The van der Waals surface area contributed by atoms with Gasteiger partial charge in [-0.05, 0) is 36.1 Å². The Labute approximate surface area is 119 Å². The summed E-state index contributed by atoms with van der Waals surface area (Å²) in [5.74, 6) is 6.58. The van der Waals surface area contributed by atoms with Crippen LogP contribution in [-0.4, -0.2) is 16.4 Å². The summed E-state index contributed by atoms with van der Waals surface area (Å²) in [4.78, 5) is 0. The molecular weight excluding hydrogens is 252 g/mol. The zero-order chi connectivity index (χ0) is 14.4. The third-order valence-electron chi connectivity index (χ3n) is 3.13. The minimum Gasteiger partial charge on any atom is -0.494 e. The van der Waals surface area contributed by atoms with E-state index in [1.165, 1.54) is 0 Å². The SMILES string of the molecule is CCCOc1cccc(C(Cc2cnn(C)c2)NN)c1. The lowest BCUT2D eigenvalue weighted by atomic mass is 10.0. The van der Waals surface area contributed by atoms with E-state index in [2.05, 4.69) is 23.5 Å². The quantitative estimate of drug-likeness (QED) is 0.598. The fourth-order valence-electron chi connectivity index (χ4n) is 2.13. The largest absolute Gasteiger partial charge is 0.494 e. The number of nitrogens with two attached hydrogens (primary N) is 1. The Morgan fingerprint density at radius 2 is 2.30 bits per heavy atom. The monoisotopic (exact) mass is 274 g/mol. The summed E-state index contributed by atoms with van der Waals surface area (Å²) >= 11 is 0. The topological polar surface area (TPSA) is 65.1 Å². The number of hydrogen-bond donors (Lipinski definition) is 2. The molecule has 3 N–H and O–H groups in total. The van der Waals surface area contributed by atoms with Crippen molar-refractivity contribution in [1.29, 1.82) is 0 Å². The van der Waals surface area contributed by atoms with E-state index in [0.717, 1.165) is 36.3 Å². The molecule has 0 bridgehead atoms. The molecule has 5 heteroatoms. The minimum absolute atomic E-state index is 0.0457. The molecule has 2 aromatic rings. The van der Waals surface area contributed by atoms with Crippen LogP contribution < -0.4 is 16.0 Å². The molecule has 0 aliphatic heterocycles. The fraction of sp³-hybridized carbons (Fsp3) is 0.400. The summed E-state index contributed by atoms with van der Waals surface area (Å²) in [5.41, 5.74) is 5.13. The summed E-state index contributed by atoms with van der Waals surface area (Å²) in [6.07, 6.45) is 5.66. The van der Waals surface area contributed by atoms with Gasteiger partial charge in [-0.25, -0.2) is 0 Å². The first kappa shape index (κ1) is 14.6. The lowest BCUT2D eigenvalue weighted by Gasteiger charge is -2.16. The average molecular weight is 274 g/mol. The Kier molecular flexibility index (Phi) is 5.15. The average Bonchev–Trinajstić information content (AvgIpc) is 2.88. The number of nitrogens with zero attached hydrogens (tertiary/aromatic N) is 2. The first-order valence-electron chi connectivity index (χ1n) is 6.89. The Hall–Kier alpha value is -1.85. The van der Waals surface area contributed by atoms with Crippen molar-refractivity contribution in [3.05, 3.63) is 47.8 Å². The predicted octanol–water partition coefficient (Wildman–Crippen LogP) is 1.96. The van der Waals surface area contributed by atoms with Crippen molar-refractivity contribution in [2.24, 2.45) is 12.9 Å². The number of rotatable bonds is 7. The molecule has 108 valence electrons. The molecule has 2 rings (SSSR count). The molecular formula is C15H22N4O. The number of ether oxygens (including phenoxy) is 1. The van der Waals surface area contributed by atoms with E-state index >= 15 is 0 Å². The fourth-order valence-corrected chi connectivity index (χ4v) is 2.13. The van der Waals surface area contributed by atoms with Gasteiger partial charge in [-0.15, -0.1) is 0 Å². The highest BCUT2D eigenvalue weighted by molar-refractivity contribution is 5.31. The number of benzene rings is 1. The number of aromatic nitrogens is 2. The Balaban J connectivity index is 2.10. The molecule has 0 spiro atoms. The number of aryl methyl sites for hydroxylation is 1. The van der Waals surface area contributed by atoms with E-state index in [0.29, 0.717) is 0 Å². The van der Waals surface area contributed by atoms with Crippen molar-refractivity contribution in [2.45, 2.75) is 25.8 Å². The van der Waals surface area contributed by atoms with E-state index in [1.54, 1.807) is 4.68 Å². The summed E-state index contributed by atoms with van der Waals surface area (Å²) in [5, 5.41) is 4.18. The molecule has 0 aliphatic rings.